The van der Waals surface area contributed by atoms with E-state index in [1.807, 2.05) is 0 Å². The molecule has 2 aliphatic rings. The molecule has 2 aromatic heterocycles. The first kappa shape index (κ1) is 15.5. The van der Waals surface area contributed by atoms with Crippen LogP contribution < -0.4 is 10.9 Å². The molecular weight excluding hydrogens is 304 g/mol. The van der Waals surface area contributed by atoms with Gasteiger partial charge in [0, 0.05) is 38.2 Å². The van der Waals surface area contributed by atoms with Gasteiger partial charge in [-0.3, -0.25) is 14.4 Å². The number of aryl methyl sites for hydroxylation is 1. The first-order chi connectivity index (χ1) is 11.8. The fraction of sp³-hybridized carbons (Fsp3) is 0.588. The molecule has 0 spiro atoms. The summed E-state index contributed by atoms with van der Waals surface area (Å²) in [7, 11) is 0. The largest absolute Gasteiger partial charge is 0.313 e. The van der Waals surface area contributed by atoms with Gasteiger partial charge >= 0.3 is 0 Å². The van der Waals surface area contributed by atoms with Gasteiger partial charge in [-0.05, 0) is 38.4 Å². The zero-order valence-corrected chi connectivity index (χ0v) is 13.9. The maximum atomic E-state index is 11.5. The minimum atomic E-state index is -0.0672. The Morgan fingerprint density at radius 1 is 1.25 bits per heavy atom. The summed E-state index contributed by atoms with van der Waals surface area (Å²) in [6.07, 6.45) is 4.87. The van der Waals surface area contributed by atoms with Crippen molar-refractivity contribution in [3.8, 4) is 0 Å². The molecule has 1 fully saturated rings. The summed E-state index contributed by atoms with van der Waals surface area (Å²) >= 11 is 0. The molecule has 4 heterocycles. The highest BCUT2D eigenvalue weighted by Crippen LogP contribution is 2.25. The third kappa shape index (κ3) is 3.42. The van der Waals surface area contributed by atoms with Gasteiger partial charge in [0.15, 0.2) is 0 Å². The van der Waals surface area contributed by atoms with E-state index in [1.54, 1.807) is 6.07 Å². The molecule has 128 valence electrons. The highest BCUT2D eigenvalue weighted by Gasteiger charge is 2.23. The van der Waals surface area contributed by atoms with E-state index < -0.39 is 0 Å². The highest BCUT2D eigenvalue weighted by atomic mass is 16.1. The van der Waals surface area contributed by atoms with Crippen LogP contribution in [0.2, 0.25) is 0 Å². The van der Waals surface area contributed by atoms with Crippen molar-refractivity contribution >= 4 is 0 Å². The number of H-pyrrole nitrogens is 1. The third-order valence-electron chi connectivity index (χ3n) is 4.95. The number of hydrogen-bond donors (Lipinski definition) is 2. The Kier molecular flexibility index (Phi) is 4.44. The molecule has 0 bridgehead atoms. The molecule has 24 heavy (non-hydrogen) atoms. The van der Waals surface area contributed by atoms with Crippen molar-refractivity contribution in [3.63, 3.8) is 0 Å². The van der Waals surface area contributed by atoms with E-state index in [9.17, 15) is 4.79 Å². The number of aromatic amines is 1. The Hall–Kier alpha value is -1.99. The first-order valence-corrected chi connectivity index (χ1v) is 8.81. The van der Waals surface area contributed by atoms with E-state index in [2.05, 4.69) is 30.9 Å². The molecule has 1 saturated heterocycles. The predicted molar refractivity (Wildman–Crippen MR) is 90.7 cm³/mol. The number of fused-ring (bicyclic) bond motifs is 1. The fourth-order valence-corrected chi connectivity index (χ4v) is 3.78. The lowest BCUT2D eigenvalue weighted by molar-refractivity contribution is 0.196. The lowest BCUT2D eigenvalue weighted by atomic mass is 9.94. The van der Waals surface area contributed by atoms with Crippen LogP contribution in [-0.4, -0.2) is 44.3 Å². The van der Waals surface area contributed by atoms with Crippen LogP contribution in [0.15, 0.2) is 23.3 Å². The van der Waals surface area contributed by atoms with Gasteiger partial charge in [-0.15, -0.1) is 0 Å². The Balaban J connectivity index is 1.44. The molecule has 0 radical (unpaired) electrons. The van der Waals surface area contributed by atoms with E-state index in [-0.39, 0.29) is 5.56 Å². The number of nitrogens with one attached hydrogen (secondary N) is 2. The highest BCUT2D eigenvalue weighted by molar-refractivity contribution is 5.12. The van der Waals surface area contributed by atoms with Crippen molar-refractivity contribution in [2.45, 2.75) is 44.8 Å². The monoisotopic (exact) mass is 328 g/mol. The van der Waals surface area contributed by atoms with Gasteiger partial charge in [-0.2, -0.15) is 5.10 Å². The van der Waals surface area contributed by atoms with Crippen LogP contribution in [0, 0.1) is 0 Å². The number of aromatic nitrogens is 4. The van der Waals surface area contributed by atoms with Crippen LogP contribution in [0.5, 0.6) is 0 Å². The zero-order valence-electron chi connectivity index (χ0n) is 13.9. The number of nitrogens with zero attached hydrogens (tertiary/aromatic N) is 4. The zero-order chi connectivity index (χ0) is 16.4. The molecule has 2 aromatic rings. The van der Waals surface area contributed by atoms with Crippen molar-refractivity contribution in [1.29, 1.82) is 0 Å². The Morgan fingerprint density at radius 2 is 2.21 bits per heavy atom. The van der Waals surface area contributed by atoms with Crippen molar-refractivity contribution in [3.05, 3.63) is 45.9 Å². The van der Waals surface area contributed by atoms with Crippen LogP contribution in [0.1, 0.15) is 42.3 Å². The summed E-state index contributed by atoms with van der Waals surface area (Å²) in [5.74, 6) is 0.336. The summed E-state index contributed by atoms with van der Waals surface area (Å²) in [4.78, 5) is 20.9. The van der Waals surface area contributed by atoms with Gasteiger partial charge in [-0.1, -0.05) is 0 Å². The number of likely N-dealkylation sites (tertiary alicyclic amines) is 1. The van der Waals surface area contributed by atoms with Crippen molar-refractivity contribution in [2.24, 2.45) is 0 Å². The lowest BCUT2D eigenvalue weighted by Gasteiger charge is -2.31. The standard InChI is InChI=1S/C17H24N6O/c24-17-8-16(19-12-20-17)13-3-1-5-22(10-13)11-14-7-15-9-18-4-2-6-23(15)21-14/h7-8,12-13,18H,1-6,9-11H2,(H,19,20,24). The number of rotatable bonds is 3. The lowest BCUT2D eigenvalue weighted by Crippen LogP contribution is -2.34. The first-order valence-electron chi connectivity index (χ1n) is 8.81. The quantitative estimate of drug-likeness (QED) is 0.873. The molecule has 0 saturated carbocycles. The van der Waals surface area contributed by atoms with Gasteiger partial charge < -0.3 is 10.3 Å². The molecule has 2 N–H and O–H groups in total. The molecule has 4 rings (SSSR count). The van der Waals surface area contributed by atoms with Crippen LogP contribution in [0.25, 0.3) is 0 Å². The molecule has 0 aromatic carbocycles. The van der Waals surface area contributed by atoms with Crippen LogP contribution in [0.4, 0.5) is 0 Å². The average Bonchev–Trinajstić information content (AvgIpc) is 2.83. The van der Waals surface area contributed by atoms with Gasteiger partial charge in [0.05, 0.1) is 23.4 Å². The minimum Gasteiger partial charge on any atom is -0.313 e. The second-order valence-electron chi connectivity index (χ2n) is 6.79. The van der Waals surface area contributed by atoms with E-state index >= 15 is 0 Å². The molecule has 1 unspecified atom stereocenters. The maximum Gasteiger partial charge on any atom is 0.250 e. The van der Waals surface area contributed by atoms with Gasteiger partial charge in [0.2, 0.25) is 0 Å². The van der Waals surface area contributed by atoms with E-state index in [0.717, 1.165) is 69.9 Å². The van der Waals surface area contributed by atoms with Crippen LogP contribution in [-0.2, 0) is 19.6 Å². The summed E-state index contributed by atoms with van der Waals surface area (Å²) in [5, 5.41) is 8.22. The molecule has 7 nitrogen and oxygen atoms in total. The van der Waals surface area contributed by atoms with Crippen molar-refractivity contribution < 1.29 is 0 Å². The SMILES string of the molecule is O=c1cc(C2CCCN(Cc3cc4n(n3)CCCNC4)C2)nc[nH]1. The van der Waals surface area contributed by atoms with E-state index in [0.29, 0.717) is 5.92 Å². The molecule has 0 amide bonds. The predicted octanol–water partition coefficient (Wildman–Crippen LogP) is 0.839. The molecule has 7 heteroatoms. The second kappa shape index (κ2) is 6.86. The van der Waals surface area contributed by atoms with Crippen molar-refractivity contribution in [2.75, 3.05) is 19.6 Å². The van der Waals surface area contributed by atoms with E-state index in [4.69, 9.17) is 5.10 Å². The summed E-state index contributed by atoms with van der Waals surface area (Å²) in [6.45, 7) is 5.88. The number of piperidine rings is 1. The fourth-order valence-electron chi connectivity index (χ4n) is 3.78. The Morgan fingerprint density at radius 3 is 3.12 bits per heavy atom. The van der Waals surface area contributed by atoms with E-state index in [1.165, 1.54) is 12.0 Å². The van der Waals surface area contributed by atoms with Crippen LogP contribution in [0.3, 0.4) is 0 Å². The smallest absolute Gasteiger partial charge is 0.250 e. The molecule has 1 atom stereocenters. The summed E-state index contributed by atoms with van der Waals surface area (Å²) < 4.78 is 2.15. The summed E-state index contributed by atoms with van der Waals surface area (Å²) in [5.41, 5.74) is 3.27. The number of hydrogen-bond acceptors (Lipinski definition) is 5. The van der Waals surface area contributed by atoms with Crippen LogP contribution >= 0.6 is 0 Å². The minimum absolute atomic E-state index is 0.0672. The normalized spacial score (nSPS) is 22.1. The molecule has 2 aliphatic heterocycles. The average molecular weight is 328 g/mol. The Labute approximate surface area is 141 Å². The Bertz CT molecular complexity index is 728. The van der Waals surface area contributed by atoms with Crippen molar-refractivity contribution in [1.82, 2.24) is 30.0 Å². The van der Waals surface area contributed by atoms with Gasteiger partial charge in [0.1, 0.15) is 0 Å². The molecule has 0 aliphatic carbocycles. The topological polar surface area (TPSA) is 78.8 Å². The third-order valence-corrected chi connectivity index (χ3v) is 4.95. The van der Waals surface area contributed by atoms with Gasteiger partial charge in [-0.25, -0.2) is 4.98 Å². The molecular formula is C17H24N6O. The second-order valence-corrected chi connectivity index (χ2v) is 6.79. The van der Waals surface area contributed by atoms with Gasteiger partial charge in [0.25, 0.3) is 5.56 Å². The maximum absolute atomic E-state index is 11.5. The summed E-state index contributed by atoms with van der Waals surface area (Å²) in [6, 6.07) is 3.87.